The molecule has 7 heteroatoms. The fourth-order valence-electron chi connectivity index (χ4n) is 1.94. The molecule has 0 aliphatic rings. The van der Waals surface area contributed by atoms with Crippen LogP contribution in [-0.4, -0.2) is 33.3 Å². The van der Waals surface area contributed by atoms with Gasteiger partial charge < -0.3 is 19.5 Å². The van der Waals surface area contributed by atoms with Crippen LogP contribution < -0.4 is 14.8 Å². The lowest BCUT2D eigenvalue weighted by Crippen LogP contribution is -2.12. The Labute approximate surface area is 154 Å². The molecule has 0 atom stereocenters. The predicted octanol–water partition coefficient (Wildman–Crippen LogP) is 4.39. The zero-order valence-corrected chi connectivity index (χ0v) is 15.6. The molecule has 1 N–H and O–H groups in total. The minimum absolute atomic E-state index is 0.250. The van der Waals surface area contributed by atoms with Crippen LogP contribution in [0.5, 0.6) is 11.5 Å². The van der Waals surface area contributed by atoms with Crippen molar-refractivity contribution in [1.82, 2.24) is 0 Å². The molecule has 0 fully saturated rings. The van der Waals surface area contributed by atoms with Crippen LogP contribution >= 0.6 is 27.5 Å². The second-order valence-corrected chi connectivity index (χ2v) is 6.05. The number of hydrogen-bond acceptors (Lipinski definition) is 4. The molecule has 0 radical (unpaired) electrons. The zero-order valence-electron chi connectivity index (χ0n) is 13.3. The number of methoxy groups -OCH3 is 2. The topological polar surface area (TPSA) is 56.8 Å². The van der Waals surface area contributed by atoms with E-state index in [1.807, 2.05) is 0 Å². The largest absolute Gasteiger partial charge is 0.495 e. The summed E-state index contributed by atoms with van der Waals surface area (Å²) in [7, 11) is 3.14. The minimum Gasteiger partial charge on any atom is -0.495 e. The van der Waals surface area contributed by atoms with Crippen LogP contribution in [-0.2, 0) is 4.74 Å². The maximum Gasteiger partial charge on any atom is 0.255 e. The van der Waals surface area contributed by atoms with Crippen LogP contribution in [0.1, 0.15) is 10.4 Å². The van der Waals surface area contributed by atoms with Gasteiger partial charge in [0.2, 0.25) is 0 Å². The summed E-state index contributed by atoms with van der Waals surface area (Å²) in [5.41, 5.74) is 1.08. The number of benzene rings is 2. The zero-order chi connectivity index (χ0) is 17.5. The van der Waals surface area contributed by atoms with E-state index in [1.165, 1.54) is 7.11 Å². The molecule has 1 amide bonds. The van der Waals surface area contributed by atoms with Crippen LogP contribution in [0.25, 0.3) is 0 Å². The molecule has 0 unspecified atom stereocenters. The van der Waals surface area contributed by atoms with Crippen LogP contribution in [0.2, 0.25) is 5.02 Å². The highest BCUT2D eigenvalue weighted by atomic mass is 79.9. The predicted molar refractivity (Wildman–Crippen MR) is 97.5 cm³/mol. The summed E-state index contributed by atoms with van der Waals surface area (Å²) in [5.74, 6) is 0.950. The molecule has 0 aromatic heterocycles. The van der Waals surface area contributed by atoms with Gasteiger partial charge in [0.05, 0.1) is 23.2 Å². The molecule has 0 saturated carbocycles. The van der Waals surface area contributed by atoms with E-state index in [9.17, 15) is 4.79 Å². The first-order chi connectivity index (χ1) is 11.5. The summed E-state index contributed by atoms with van der Waals surface area (Å²) in [6, 6.07) is 10.2. The van der Waals surface area contributed by atoms with Gasteiger partial charge in [-0.2, -0.15) is 0 Å². The quantitative estimate of drug-likeness (QED) is 0.683. The van der Waals surface area contributed by atoms with Crippen molar-refractivity contribution in [2.45, 2.75) is 0 Å². The average molecular weight is 415 g/mol. The second kappa shape index (κ2) is 8.92. The van der Waals surface area contributed by atoms with Crippen LogP contribution in [0.3, 0.4) is 0 Å². The Morgan fingerprint density at radius 3 is 2.50 bits per heavy atom. The van der Waals surface area contributed by atoms with E-state index in [4.69, 9.17) is 25.8 Å². The van der Waals surface area contributed by atoms with Gasteiger partial charge in [0, 0.05) is 18.4 Å². The minimum atomic E-state index is -0.250. The van der Waals surface area contributed by atoms with Crippen LogP contribution in [0.15, 0.2) is 40.9 Å². The van der Waals surface area contributed by atoms with Gasteiger partial charge in [-0.25, -0.2) is 0 Å². The van der Waals surface area contributed by atoms with Crippen molar-refractivity contribution < 1.29 is 19.0 Å². The molecule has 0 bridgehead atoms. The lowest BCUT2D eigenvalue weighted by atomic mass is 10.2. The monoisotopic (exact) mass is 413 g/mol. The molecule has 2 rings (SSSR count). The first kappa shape index (κ1) is 18.6. The highest BCUT2D eigenvalue weighted by molar-refractivity contribution is 9.10. The second-order valence-electron chi connectivity index (χ2n) is 4.79. The molecule has 2 aromatic carbocycles. The number of hydrogen-bond donors (Lipinski definition) is 1. The summed E-state index contributed by atoms with van der Waals surface area (Å²) < 4.78 is 16.2. The molecule has 2 aromatic rings. The van der Waals surface area contributed by atoms with Crippen molar-refractivity contribution in [3.8, 4) is 11.5 Å². The maximum atomic E-state index is 12.3. The number of amides is 1. The van der Waals surface area contributed by atoms with Gasteiger partial charge in [-0.1, -0.05) is 11.6 Å². The molecule has 0 heterocycles. The van der Waals surface area contributed by atoms with E-state index in [2.05, 4.69) is 21.2 Å². The molecular formula is C17H17BrClNO4. The van der Waals surface area contributed by atoms with E-state index in [0.717, 1.165) is 0 Å². The molecule has 0 saturated heterocycles. The van der Waals surface area contributed by atoms with E-state index in [1.54, 1.807) is 43.5 Å². The third kappa shape index (κ3) is 4.87. The van der Waals surface area contributed by atoms with E-state index in [0.29, 0.717) is 45.5 Å². The molecular weight excluding hydrogens is 398 g/mol. The number of rotatable bonds is 7. The number of nitrogens with one attached hydrogen (secondary N) is 1. The van der Waals surface area contributed by atoms with E-state index in [-0.39, 0.29) is 5.91 Å². The summed E-state index contributed by atoms with van der Waals surface area (Å²) >= 11 is 9.45. The van der Waals surface area contributed by atoms with Gasteiger partial charge in [0.25, 0.3) is 5.91 Å². The smallest absolute Gasteiger partial charge is 0.255 e. The molecule has 128 valence electrons. The Bertz CT molecular complexity index is 724. The third-order valence-corrected chi connectivity index (χ3v) is 4.06. The van der Waals surface area contributed by atoms with Crippen LogP contribution in [0.4, 0.5) is 5.69 Å². The first-order valence-corrected chi connectivity index (χ1v) is 8.28. The lowest BCUT2D eigenvalue weighted by molar-refractivity contribution is 0.102. The van der Waals surface area contributed by atoms with Gasteiger partial charge in [0.1, 0.15) is 18.1 Å². The average Bonchev–Trinajstić information content (AvgIpc) is 2.56. The highest BCUT2D eigenvalue weighted by Crippen LogP contribution is 2.29. The Morgan fingerprint density at radius 2 is 1.88 bits per heavy atom. The number of carbonyl (C=O) groups excluding carboxylic acids is 1. The number of carbonyl (C=O) groups is 1. The summed E-state index contributed by atoms with van der Waals surface area (Å²) in [4.78, 5) is 12.3. The van der Waals surface area contributed by atoms with Crippen molar-refractivity contribution in [2.24, 2.45) is 0 Å². The van der Waals surface area contributed by atoms with E-state index < -0.39 is 0 Å². The van der Waals surface area contributed by atoms with Crippen molar-refractivity contribution in [3.05, 3.63) is 51.5 Å². The SMILES string of the molecule is COCCOc1ccc(C(=O)Nc2ccc(OC)c(Cl)c2)cc1Br. The first-order valence-electron chi connectivity index (χ1n) is 7.11. The van der Waals surface area contributed by atoms with Crippen molar-refractivity contribution in [2.75, 3.05) is 32.8 Å². The van der Waals surface area contributed by atoms with E-state index >= 15 is 0 Å². The van der Waals surface area contributed by atoms with Gasteiger partial charge in [-0.15, -0.1) is 0 Å². The Balaban J connectivity index is 2.07. The number of halogens is 2. The molecule has 0 aliphatic carbocycles. The molecule has 0 spiro atoms. The van der Waals surface area contributed by atoms with Gasteiger partial charge in [0.15, 0.2) is 0 Å². The lowest BCUT2D eigenvalue weighted by Gasteiger charge is -2.11. The Hall–Kier alpha value is -1.76. The fourth-order valence-corrected chi connectivity index (χ4v) is 2.69. The maximum absolute atomic E-state index is 12.3. The summed E-state index contributed by atoms with van der Waals surface area (Å²) in [5, 5.41) is 3.22. The van der Waals surface area contributed by atoms with Gasteiger partial charge >= 0.3 is 0 Å². The molecule has 5 nitrogen and oxygen atoms in total. The third-order valence-electron chi connectivity index (χ3n) is 3.15. The van der Waals surface area contributed by atoms with Gasteiger partial charge in [-0.3, -0.25) is 4.79 Å². The summed E-state index contributed by atoms with van der Waals surface area (Å²) in [6.45, 7) is 0.928. The molecule has 24 heavy (non-hydrogen) atoms. The fraction of sp³-hybridized carbons (Fsp3) is 0.235. The highest BCUT2D eigenvalue weighted by Gasteiger charge is 2.11. The normalized spacial score (nSPS) is 10.3. The Morgan fingerprint density at radius 1 is 1.12 bits per heavy atom. The number of anilines is 1. The van der Waals surface area contributed by atoms with Gasteiger partial charge in [-0.05, 0) is 52.3 Å². The van der Waals surface area contributed by atoms with Crippen molar-refractivity contribution >= 4 is 39.1 Å². The van der Waals surface area contributed by atoms with Crippen molar-refractivity contribution in [3.63, 3.8) is 0 Å². The van der Waals surface area contributed by atoms with Crippen molar-refractivity contribution in [1.29, 1.82) is 0 Å². The van der Waals surface area contributed by atoms with Crippen LogP contribution in [0, 0.1) is 0 Å². The standard InChI is InChI=1S/C17H17BrClNO4/c1-22-7-8-24-15-5-3-11(9-13(15)18)17(21)20-12-4-6-16(23-2)14(19)10-12/h3-6,9-10H,7-8H2,1-2H3,(H,20,21). The Kier molecular flexibility index (Phi) is 6.90. The number of ether oxygens (including phenoxy) is 3. The summed E-state index contributed by atoms with van der Waals surface area (Å²) in [6.07, 6.45) is 0. The molecule has 0 aliphatic heterocycles.